The Labute approximate surface area is 70.5 Å². The van der Waals surface area contributed by atoms with Crippen LogP contribution in [0.4, 0.5) is 0 Å². The molecule has 4 nitrogen and oxygen atoms in total. The van der Waals surface area contributed by atoms with Crippen molar-refractivity contribution >= 4 is 0 Å². The van der Waals surface area contributed by atoms with Crippen LogP contribution in [0.1, 0.15) is 13.8 Å². The van der Waals surface area contributed by atoms with Crippen molar-refractivity contribution in [2.24, 2.45) is 0 Å². The molecule has 0 unspecified atom stereocenters. The summed E-state index contributed by atoms with van der Waals surface area (Å²) in [5, 5.41) is 8.99. The van der Waals surface area contributed by atoms with Crippen molar-refractivity contribution in [1.29, 1.82) is 0 Å². The van der Waals surface area contributed by atoms with E-state index in [0.717, 1.165) is 0 Å². The fraction of sp³-hybridized carbons (Fsp3) is 0.500. The molecule has 12 heavy (non-hydrogen) atoms. The minimum absolute atomic E-state index is 0.0725. The predicted octanol–water partition coefficient (Wildman–Crippen LogP) is -0.0293. The van der Waals surface area contributed by atoms with E-state index in [-0.39, 0.29) is 12.2 Å². The molecule has 1 rings (SSSR count). The van der Waals surface area contributed by atoms with Gasteiger partial charge in [0.25, 0.3) is 5.56 Å². The van der Waals surface area contributed by atoms with Gasteiger partial charge in [0.05, 0.1) is 18.3 Å². The lowest BCUT2D eigenvalue weighted by Crippen LogP contribution is -2.38. The molecule has 66 valence electrons. The largest absolute Gasteiger partial charge is 0.394 e. The predicted molar refractivity (Wildman–Crippen MR) is 44.9 cm³/mol. The van der Waals surface area contributed by atoms with Gasteiger partial charge < -0.3 is 9.67 Å². The summed E-state index contributed by atoms with van der Waals surface area (Å²) in [5.74, 6) is 0. The van der Waals surface area contributed by atoms with Gasteiger partial charge in [-0.3, -0.25) is 9.78 Å². The molecule has 0 aliphatic carbocycles. The van der Waals surface area contributed by atoms with Crippen molar-refractivity contribution < 1.29 is 5.11 Å². The van der Waals surface area contributed by atoms with E-state index in [2.05, 4.69) is 4.98 Å². The first-order chi connectivity index (χ1) is 5.58. The standard InChI is InChI=1S/C8H12N2O2/c1-8(2,6-11)10-4-3-9-5-7(10)12/h3-5,11H,6H2,1-2H3. The Morgan fingerprint density at radius 3 is 2.83 bits per heavy atom. The molecule has 0 amide bonds. The lowest BCUT2D eigenvalue weighted by Gasteiger charge is -2.24. The van der Waals surface area contributed by atoms with Gasteiger partial charge in [-0.15, -0.1) is 0 Å². The maximum atomic E-state index is 11.2. The molecule has 1 N–H and O–H groups in total. The Morgan fingerprint density at radius 1 is 1.67 bits per heavy atom. The molecule has 1 aromatic rings. The summed E-state index contributed by atoms with van der Waals surface area (Å²) >= 11 is 0. The SMILES string of the molecule is CC(C)(CO)n1ccncc1=O. The fourth-order valence-corrected chi connectivity index (χ4v) is 0.924. The summed E-state index contributed by atoms with van der Waals surface area (Å²) in [6.07, 6.45) is 4.33. The van der Waals surface area contributed by atoms with Gasteiger partial charge in [-0.1, -0.05) is 0 Å². The average Bonchev–Trinajstić information content (AvgIpc) is 2.05. The Balaban J connectivity index is 3.20. The maximum absolute atomic E-state index is 11.2. The van der Waals surface area contributed by atoms with Crippen molar-refractivity contribution in [2.45, 2.75) is 19.4 Å². The highest BCUT2D eigenvalue weighted by Crippen LogP contribution is 2.09. The zero-order chi connectivity index (χ0) is 9.19. The lowest BCUT2D eigenvalue weighted by atomic mass is 10.1. The molecule has 0 fully saturated rings. The maximum Gasteiger partial charge on any atom is 0.269 e. The number of aromatic nitrogens is 2. The van der Waals surface area contributed by atoms with Crippen LogP contribution in [0.3, 0.4) is 0 Å². The monoisotopic (exact) mass is 168 g/mol. The summed E-state index contributed by atoms with van der Waals surface area (Å²) < 4.78 is 1.46. The number of hydrogen-bond acceptors (Lipinski definition) is 3. The summed E-state index contributed by atoms with van der Waals surface area (Å²) in [6.45, 7) is 3.50. The summed E-state index contributed by atoms with van der Waals surface area (Å²) in [4.78, 5) is 14.9. The van der Waals surface area contributed by atoms with Gasteiger partial charge >= 0.3 is 0 Å². The van der Waals surface area contributed by atoms with E-state index in [4.69, 9.17) is 5.11 Å². The normalized spacial score (nSPS) is 11.6. The van der Waals surface area contributed by atoms with Gasteiger partial charge in [0.15, 0.2) is 0 Å². The van der Waals surface area contributed by atoms with E-state index in [1.54, 1.807) is 20.0 Å². The second-order valence-electron chi connectivity index (χ2n) is 3.26. The van der Waals surface area contributed by atoms with Crippen molar-refractivity contribution in [3.8, 4) is 0 Å². The van der Waals surface area contributed by atoms with Gasteiger partial charge in [0.1, 0.15) is 0 Å². The molecule has 0 radical (unpaired) electrons. The first-order valence-electron chi connectivity index (χ1n) is 3.72. The third-order valence-corrected chi connectivity index (χ3v) is 1.76. The number of hydrogen-bond donors (Lipinski definition) is 1. The van der Waals surface area contributed by atoms with Crippen LogP contribution < -0.4 is 5.56 Å². The fourth-order valence-electron chi connectivity index (χ4n) is 0.924. The zero-order valence-electron chi connectivity index (χ0n) is 7.19. The van der Waals surface area contributed by atoms with E-state index in [1.807, 2.05) is 0 Å². The smallest absolute Gasteiger partial charge is 0.269 e. The van der Waals surface area contributed by atoms with Crippen LogP contribution in [0.5, 0.6) is 0 Å². The molecular weight excluding hydrogens is 156 g/mol. The quantitative estimate of drug-likeness (QED) is 0.674. The summed E-state index contributed by atoms with van der Waals surface area (Å²) in [6, 6.07) is 0. The molecule has 0 atom stereocenters. The minimum atomic E-state index is -0.556. The van der Waals surface area contributed by atoms with E-state index in [9.17, 15) is 4.79 Å². The van der Waals surface area contributed by atoms with Crippen LogP contribution in [-0.4, -0.2) is 21.3 Å². The summed E-state index contributed by atoms with van der Waals surface area (Å²) in [7, 11) is 0. The van der Waals surface area contributed by atoms with Crippen LogP contribution >= 0.6 is 0 Å². The number of aliphatic hydroxyl groups is 1. The molecule has 1 aromatic heterocycles. The van der Waals surface area contributed by atoms with Crippen molar-refractivity contribution in [3.63, 3.8) is 0 Å². The molecular formula is C8H12N2O2. The zero-order valence-corrected chi connectivity index (χ0v) is 7.19. The third kappa shape index (κ3) is 1.53. The Morgan fingerprint density at radius 2 is 2.33 bits per heavy atom. The van der Waals surface area contributed by atoms with Crippen molar-refractivity contribution in [3.05, 3.63) is 28.9 Å². The molecule has 0 bridgehead atoms. The van der Waals surface area contributed by atoms with Gasteiger partial charge in [0.2, 0.25) is 0 Å². The number of nitrogens with zero attached hydrogens (tertiary/aromatic N) is 2. The second-order valence-corrected chi connectivity index (χ2v) is 3.26. The van der Waals surface area contributed by atoms with Crippen LogP contribution in [0.25, 0.3) is 0 Å². The first kappa shape index (κ1) is 8.93. The van der Waals surface area contributed by atoms with Crippen LogP contribution in [0.2, 0.25) is 0 Å². The molecule has 0 aromatic carbocycles. The highest BCUT2D eigenvalue weighted by Gasteiger charge is 2.18. The van der Waals surface area contributed by atoms with Crippen molar-refractivity contribution in [2.75, 3.05) is 6.61 Å². The van der Waals surface area contributed by atoms with Gasteiger partial charge in [-0.2, -0.15) is 0 Å². The van der Waals surface area contributed by atoms with Gasteiger partial charge in [0, 0.05) is 12.4 Å². The lowest BCUT2D eigenvalue weighted by molar-refractivity contribution is 0.160. The highest BCUT2D eigenvalue weighted by atomic mass is 16.3. The molecule has 0 aliphatic heterocycles. The first-order valence-corrected chi connectivity index (χ1v) is 3.72. The Bertz CT molecular complexity index is 317. The van der Waals surface area contributed by atoms with E-state index in [1.165, 1.54) is 17.0 Å². The molecule has 1 heterocycles. The molecule has 0 saturated carbocycles. The van der Waals surface area contributed by atoms with E-state index in [0.29, 0.717) is 0 Å². The third-order valence-electron chi connectivity index (χ3n) is 1.76. The Hall–Kier alpha value is -1.16. The Kier molecular flexibility index (Phi) is 2.28. The molecule has 0 spiro atoms. The number of aliphatic hydroxyl groups excluding tert-OH is 1. The topological polar surface area (TPSA) is 55.1 Å². The molecule has 0 aliphatic rings. The number of rotatable bonds is 2. The van der Waals surface area contributed by atoms with Crippen LogP contribution in [0.15, 0.2) is 23.4 Å². The summed E-state index contributed by atoms with van der Waals surface area (Å²) in [5.41, 5.74) is -0.753. The second kappa shape index (κ2) is 3.06. The van der Waals surface area contributed by atoms with Gasteiger partial charge in [-0.05, 0) is 13.8 Å². The van der Waals surface area contributed by atoms with Crippen molar-refractivity contribution in [1.82, 2.24) is 9.55 Å². The van der Waals surface area contributed by atoms with Gasteiger partial charge in [-0.25, -0.2) is 0 Å². The molecule has 0 saturated heterocycles. The average molecular weight is 168 g/mol. The van der Waals surface area contributed by atoms with E-state index >= 15 is 0 Å². The molecule has 4 heteroatoms. The minimum Gasteiger partial charge on any atom is -0.394 e. The van der Waals surface area contributed by atoms with Crippen LogP contribution in [-0.2, 0) is 5.54 Å². The van der Waals surface area contributed by atoms with E-state index < -0.39 is 5.54 Å². The van der Waals surface area contributed by atoms with Crippen LogP contribution in [0, 0.1) is 0 Å². The highest BCUT2D eigenvalue weighted by molar-refractivity contribution is 4.88.